The van der Waals surface area contributed by atoms with E-state index in [4.69, 9.17) is 0 Å². The first kappa shape index (κ1) is 25.9. The Kier molecular flexibility index (Phi) is 14.4. The third-order valence-corrected chi connectivity index (χ3v) is 6.59. The van der Waals surface area contributed by atoms with Crippen LogP contribution in [0.3, 0.4) is 0 Å². The Morgan fingerprint density at radius 3 is 1.26 bits per heavy atom. The van der Waals surface area contributed by atoms with Gasteiger partial charge in [0.25, 0.3) is 0 Å². The molecule has 0 radical (unpaired) electrons. The summed E-state index contributed by atoms with van der Waals surface area (Å²) < 4.78 is 0. The molecule has 0 atom stereocenters. The molecule has 0 amide bonds. The van der Waals surface area contributed by atoms with E-state index in [1.165, 1.54) is 40.4 Å². The maximum absolute atomic E-state index is 3.56. The van der Waals surface area contributed by atoms with Gasteiger partial charge in [-0.15, -0.1) is 23.5 Å². The first-order chi connectivity index (χ1) is 15.3. The minimum Gasteiger partial charge on any atom is -0.385 e. The lowest BCUT2D eigenvalue weighted by Gasteiger charge is -2.09. The van der Waals surface area contributed by atoms with Gasteiger partial charge in [0.15, 0.2) is 0 Å². The van der Waals surface area contributed by atoms with Gasteiger partial charge in [-0.25, -0.2) is 0 Å². The Morgan fingerprint density at radius 2 is 0.871 bits per heavy atom. The van der Waals surface area contributed by atoms with Gasteiger partial charge < -0.3 is 21.3 Å². The Balaban J connectivity index is 1.30. The molecule has 2 aromatic rings. The highest BCUT2D eigenvalue weighted by atomic mass is 32.2. The average molecular weight is 461 g/mol. The first-order valence-corrected chi connectivity index (χ1v) is 13.9. The highest BCUT2D eigenvalue weighted by Gasteiger charge is 1.95. The minimum absolute atomic E-state index is 1.02. The third kappa shape index (κ3) is 12.3. The summed E-state index contributed by atoms with van der Waals surface area (Å²) in [6, 6.07) is 17.3. The molecule has 4 N–H and O–H groups in total. The van der Waals surface area contributed by atoms with Gasteiger partial charge in [0.1, 0.15) is 0 Å². The van der Waals surface area contributed by atoms with Crippen molar-refractivity contribution in [1.29, 1.82) is 0 Å². The molecule has 0 saturated heterocycles. The normalized spacial score (nSPS) is 10.9. The van der Waals surface area contributed by atoms with Crippen LogP contribution >= 0.6 is 23.5 Å². The number of unbranched alkanes of at least 4 members (excludes halogenated alkanes) is 2. The van der Waals surface area contributed by atoms with Crippen molar-refractivity contribution in [3.8, 4) is 0 Å². The molecule has 31 heavy (non-hydrogen) atoms. The van der Waals surface area contributed by atoms with E-state index >= 15 is 0 Å². The van der Waals surface area contributed by atoms with Crippen molar-refractivity contribution in [2.45, 2.75) is 41.9 Å². The maximum Gasteiger partial charge on any atom is 0.0340 e. The second-order valence-corrected chi connectivity index (χ2v) is 9.34. The van der Waals surface area contributed by atoms with Crippen molar-refractivity contribution < 1.29 is 0 Å². The number of hydrogen-bond acceptors (Lipinski definition) is 6. The Labute approximate surface area is 198 Å². The van der Waals surface area contributed by atoms with E-state index in [0.717, 1.165) is 52.1 Å². The summed E-state index contributed by atoms with van der Waals surface area (Å²) in [5.41, 5.74) is 2.43. The molecule has 2 rings (SSSR count). The third-order valence-electron chi connectivity index (χ3n) is 5.11. The van der Waals surface area contributed by atoms with Crippen LogP contribution in [0.2, 0.25) is 0 Å². The van der Waals surface area contributed by atoms with Crippen LogP contribution in [0.5, 0.6) is 0 Å². The van der Waals surface area contributed by atoms with Gasteiger partial charge in [0.2, 0.25) is 0 Å². The molecule has 0 aliphatic heterocycles. The molecule has 0 aliphatic carbocycles. The van der Waals surface area contributed by atoms with Crippen LogP contribution in [0.25, 0.3) is 0 Å². The topological polar surface area (TPSA) is 48.1 Å². The van der Waals surface area contributed by atoms with E-state index in [9.17, 15) is 0 Å². The average Bonchev–Trinajstić information content (AvgIpc) is 2.82. The Hall–Kier alpha value is -1.34. The van der Waals surface area contributed by atoms with Gasteiger partial charge >= 0.3 is 0 Å². The Morgan fingerprint density at radius 1 is 0.484 bits per heavy atom. The largest absolute Gasteiger partial charge is 0.385 e. The fourth-order valence-electron chi connectivity index (χ4n) is 3.24. The molecule has 0 aliphatic rings. The summed E-state index contributed by atoms with van der Waals surface area (Å²) in [6.07, 6.45) is 10.3. The van der Waals surface area contributed by atoms with E-state index in [1.807, 2.05) is 0 Å². The number of thioether (sulfide) groups is 2. The highest BCUT2D eigenvalue weighted by Crippen LogP contribution is 2.18. The molecule has 0 saturated carbocycles. The zero-order valence-electron chi connectivity index (χ0n) is 19.2. The molecular formula is C25H40N4S2. The lowest BCUT2D eigenvalue weighted by atomic mass is 10.2. The lowest BCUT2D eigenvalue weighted by molar-refractivity contribution is 0.565. The van der Waals surface area contributed by atoms with Crippen LogP contribution < -0.4 is 21.3 Å². The van der Waals surface area contributed by atoms with E-state index in [0.29, 0.717) is 0 Å². The van der Waals surface area contributed by atoms with E-state index in [2.05, 4.69) is 82.3 Å². The predicted octanol–water partition coefficient (Wildman–Crippen LogP) is 5.78. The fourth-order valence-corrected chi connectivity index (χ4v) is 4.05. The van der Waals surface area contributed by atoms with Gasteiger partial charge in [-0.3, -0.25) is 0 Å². The molecular weight excluding hydrogens is 420 g/mol. The number of rotatable bonds is 18. The molecule has 0 aromatic heterocycles. The molecule has 2 aromatic carbocycles. The van der Waals surface area contributed by atoms with Gasteiger partial charge in [-0.1, -0.05) is 6.42 Å². The van der Waals surface area contributed by atoms with Gasteiger partial charge in [-0.05, 0) is 113 Å². The molecule has 4 nitrogen and oxygen atoms in total. The minimum atomic E-state index is 1.02. The molecule has 6 heteroatoms. The molecule has 0 bridgehead atoms. The predicted molar refractivity (Wildman–Crippen MR) is 142 cm³/mol. The molecule has 0 unspecified atom stereocenters. The number of benzene rings is 2. The SMILES string of the molecule is CSc1ccc(NCCCNCCCCCNCCCNc2ccc(SC)cc2)cc1. The smallest absolute Gasteiger partial charge is 0.0340 e. The number of anilines is 2. The lowest BCUT2D eigenvalue weighted by Crippen LogP contribution is -2.21. The van der Waals surface area contributed by atoms with Gasteiger partial charge in [0, 0.05) is 34.3 Å². The summed E-state index contributed by atoms with van der Waals surface area (Å²) in [6.45, 7) is 6.46. The van der Waals surface area contributed by atoms with E-state index in [1.54, 1.807) is 23.5 Å². The quantitative estimate of drug-likeness (QED) is 0.167. The van der Waals surface area contributed by atoms with Gasteiger partial charge in [-0.2, -0.15) is 0 Å². The first-order valence-electron chi connectivity index (χ1n) is 11.5. The highest BCUT2D eigenvalue weighted by molar-refractivity contribution is 7.98. The molecule has 0 heterocycles. The summed E-state index contributed by atoms with van der Waals surface area (Å²) in [5, 5.41) is 14.1. The van der Waals surface area contributed by atoms with Gasteiger partial charge in [0.05, 0.1) is 0 Å². The standard InChI is InChI=1S/C25H40N4S2/c1-30-24-12-8-22(9-13-24)28-20-6-18-26-16-4-3-5-17-27-19-7-21-29-23-10-14-25(31-2)15-11-23/h8-15,26-29H,3-7,16-21H2,1-2H3. The van der Waals surface area contributed by atoms with Crippen molar-refractivity contribution in [1.82, 2.24) is 10.6 Å². The second kappa shape index (κ2) is 17.2. The Bertz CT molecular complexity index is 617. The summed E-state index contributed by atoms with van der Waals surface area (Å²) >= 11 is 3.56. The van der Waals surface area contributed by atoms with Crippen LogP contribution in [0, 0.1) is 0 Å². The van der Waals surface area contributed by atoms with Crippen molar-refractivity contribution >= 4 is 34.9 Å². The molecule has 0 fully saturated rings. The van der Waals surface area contributed by atoms with Crippen LogP contribution in [0.15, 0.2) is 58.3 Å². The number of hydrogen-bond donors (Lipinski definition) is 4. The van der Waals surface area contributed by atoms with Crippen molar-refractivity contribution in [2.24, 2.45) is 0 Å². The van der Waals surface area contributed by atoms with Crippen molar-refractivity contribution in [3.63, 3.8) is 0 Å². The van der Waals surface area contributed by atoms with E-state index in [-0.39, 0.29) is 0 Å². The van der Waals surface area contributed by atoms with Crippen LogP contribution in [0.4, 0.5) is 11.4 Å². The molecule has 0 spiro atoms. The zero-order valence-corrected chi connectivity index (χ0v) is 20.8. The monoisotopic (exact) mass is 460 g/mol. The van der Waals surface area contributed by atoms with E-state index < -0.39 is 0 Å². The fraction of sp³-hybridized carbons (Fsp3) is 0.520. The summed E-state index contributed by atoms with van der Waals surface area (Å²) in [7, 11) is 0. The van der Waals surface area contributed by atoms with Crippen LogP contribution in [-0.4, -0.2) is 51.8 Å². The number of nitrogens with one attached hydrogen (secondary N) is 4. The second-order valence-electron chi connectivity index (χ2n) is 7.58. The maximum atomic E-state index is 3.56. The van der Waals surface area contributed by atoms with Crippen LogP contribution in [0.1, 0.15) is 32.1 Å². The molecule has 172 valence electrons. The van der Waals surface area contributed by atoms with Crippen LogP contribution in [-0.2, 0) is 0 Å². The zero-order chi connectivity index (χ0) is 22.0. The van der Waals surface area contributed by atoms with Crippen molar-refractivity contribution in [3.05, 3.63) is 48.5 Å². The summed E-state index contributed by atoms with van der Waals surface area (Å²) in [5.74, 6) is 0. The van der Waals surface area contributed by atoms with Crippen molar-refractivity contribution in [2.75, 3.05) is 62.4 Å². The summed E-state index contributed by atoms with van der Waals surface area (Å²) in [4.78, 5) is 2.62.